The van der Waals surface area contributed by atoms with Gasteiger partial charge in [-0.15, -0.1) is 5.10 Å². The quantitative estimate of drug-likeness (QED) is 0.349. The number of aromatic nitrogens is 6. The van der Waals surface area contributed by atoms with Crippen molar-refractivity contribution >= 4 is 11.9 Å². The van der Waals surface area contributed by atoms with Crippen LogP contribution in [-0.2, 0) is 18.4 Å². The highest BCUT2D eigenvalue weighted by Crippen LogP contribution is 2.30. The lowest BCUT2D eigenvalue weighted by molar-refractivity contribution is -0.143. The van der Waals surface area contributed by atoms with Crippen molar-refractivity contribution in [2.45, 2.75) is 45.3 Å². The zero-order valence-corrected chi connectivity index (χ0v) is 21.1. The Labute approximate surface area is 218 Å². The summed E-state index contributed by atoms with van der Waals surface area (Å²) in [5.41, 5.74) is 3.51. The molecular weight excluding hydrogens is 489 g/mol. The minimum Gasteiger partial charge on any atom is -0.489 e. The zero-order valence-electron chi connectivity index (χ0n) is 21.1. The number of halogens is 1. The second-order valence-electron chi connectivity index (χ2n) is 9.34. The molecule has 1 aliphatic rings. The summed E-state index contributed by atoms with van der Waals surface area (Å²) in [4.78, 5) is 24.5. The Kier molecular flexibility index (Phi) is 7.25. The van der Waals surface area contributed by atoms with Crippen LogP contribution in [0.25, 0.3) is 22.6 Å². The predicted molar refractivity (Wildman–Crippen MR) is 138 cm³/mol. The summed E-state index contributed by atoms with van der Waals surface area (Å²) in [5, 5.41) is 20.9. The van der Waals surface area contributed by atoms with Crippen LogP contribution in [0.15, 0.2) is 48.7 Å². The van der Waals surface area contributed by atoms with E-state index in [1.165, 1.54) is 0 Å². The van der Waals surface area contributed by atoms with Crippen LogP contribution in [0.5, 0.6) is 5.75 Å². The molecule has 4 aromatic rings. The third kappa shape index (κ3) is 5.46. The van der Waals surface area contributed by atoms with Crippen molar-refractivity contribution in [3.63, 3.8) is 0 Å². The Morgan fingerprint density at radius 1 is 1.16 bits per heavy atom. The van der Waals surface area contributed by atoms with Crippen LogP contribution in [-0.4, -0.2) is 47.1 Å². The molecule has 0 spiro atoms. The number of rotatable bonds is 8. The molecule has 10 nitrogen and oxygen atoms in total. The maximum Gasteiger partial charge on any atom is 0.306 e. The number of anilines is 1. The van der Waals surface area contributed by atoms with Gasteiger partial charge in [-0.1, -0.05) is 35.5 Å². The topological polar surface area (TPSA) is 128 Å². The number of nitrogens with zero attached hydrogens (tertiary/aromatic N) is 6. The summed E-state index contributed by atoms with van der Waals surface area (Å²) in [5.74, 6) is -0.739. The van der Waals surface area contributed by atoms with E-state index in [9.17, 15) is 14.3 Å². The van der Waals surface area contributed by atoms with Gasteiger partial charge in [0.1, 0.15) is 17.1 Å². The van der Waals surface area contributed by atoms with Gasteiger partial charge in [0.05, 0.1) is 41.8 Å². The number of aliphatic carboxylic acids is 1. The number of nitrogens with one attached hydrogen (secondary N) is 1. The zero-order chi connectivity index (χ0) is 26.6. The molecule has 38 heavy (non-hydrogen) atoms. The number of hydrogen-bond donors (Lipinski definition) is 2. The first-order valence-electron chi connectivity index (χ1n) is 12.5. The van der Waals surface area contributed by atoms with Crippen molar-refractivity contribution in [1.29, 1.82) is 0 Å². The molecule has 11 heteroatoms. The molecule has 0 radical (unpaired) electrons. The van der Waals surface area contributed by atoms with Crippen LogP contribution in [0.1, 0.15) is 37.1 Å². The monoisotopic (exact) mass is 517 g/mol. The minimum atomic E-state index is -0.769. The summed E-state index contributed by atoms with van der Waals surface area (Å²) >= 11 is 0. The largest absolute Gasteiger partial charge is 0.489 e. The SMILES string of the molecule is Cc1nc(-c2nnn(C)c2CNc2ncc(F)c(-c3ccccc3)n2)ccc1O[C@H]1CCC[C@H](C(=O)O)C1. The molecule has 0 saturated heterocycles. The van der Waals surface area contributed by atoms with Gasteiger partial charge in [-0.2, -0.15) is 0 Å². The van der Waals surface area contributed by atoms with Crippen molar-refractivity contribution < 1.29 is 19.0 Å². The third-order valence-corrected chi connectivity index (χ3v) is 6.70. The van der Waals surface area contributed by atoms with E-state index in [0.29, 0.717) is 41.2 Å². The third-order valence-electron chi connectivity index (χ3n) is 6.70. The second-order valence-corrected chi connectivity index (χ2v) is 9.34. The average molecular weight is 518 g/mol. The standard InChI is InChI=1S/C27H28FN7O3/c1-16-23(38-19-10-6-9-18(13-19)26(36)37)12-11-21(31-16)25-22(35(2)34-33-25)15-30-27-29-14-20(28)24(32-27)17-7-4-3-5-8-17/h3-5,7-8,11-12,14,18-19H,6,9-10,13,15H2,1-2H3,(H,36,37)(H,29,30,32)/t18-,19-/m0/s1. The normalized spacial score (nSPS) is 17.2. The van der Waals surface area contributed by atoms with Crippen molar-refractivity contribution in [3.8, 4) is 28.4 Å². The van der Waals surface area contributed by atoms with Crippen LogP contribution < -0.4 is 10.1 Å². The van der Waals surface area contributed by atoms with Gasteiger partial charge in [-0.25, -0.2) is 24.0 Å². The molecule has 5 rings (SSSR count). The molecule has 1 fully saturated rings. The Morgan fingerprint density at radius 3 is 2.74 bits per heavy atom. The highest BCUT2D eigenvalue weighted by Gasteiger charge is 2.28. The van der Waals surface area contributed by atoms with Gasteiger partial charge in [0.2, 0.25) is 5.95 Å². The first-order valence-corrected chi connectivity index (χ1v) is 12.5. The van der Waals surface area contributed by atoms with Crippen LogP contribution in [0.3, 0.4) is 0 Å². The van der Waals surface area contributed by atoms with Crippen molar-refractivity contribution in [2.24, 2.45) is 13.0 Å². The highest BCUT2D eigenvalue weighted by molar-refractivity contribution is 5.70. The number of pyridine rings is 1. The Balaban J connectivity index is 1.31. The second kappa shape index (κ2) is 10.9. The first-order chi connectivity index (χ1) is 18.4. The van der Waals surface area contributed by atoms with Crippen LogP contribution in [0.4, 0.5) is 10.3 Å². The van der Waals surface area contributed by atoms with Crippen LogP contribution >= 0.6 is 0 Å². The van der Waals surface area contributed by atoms with E-state index in [4.69, 9.17) is 9.72 Å². The van der Waals surface area contributed by atoms with Gasteiger partial charge in [0.15, 0.2) is 5.82 Å². The molecule has 0 unspecified atom stereocenters. The minimum absolute atomic E-state index is 0.149. The lowest BCUT2D eigenvalue weighted by atomic mass is 9.87. The maximum absolute atomic E-state index is 14.4. The maximum atomic E-state index is 14.4. The molecule has 2 N–H and O–H groups in total. The van der Waals surface area contributed by atoms with E-state index in [0.717, 1.165) is 24.7 Å². The lowest BCUT2D eigenvalue weighted by Crippen LogP contribution is -2.29. The summed E-state index contributed by atoms with van der Waals surface area (Å²) in [6.07, 6.45) is 3.83. The predicted octanol–water partition coefficient (Wildman–Crippen LogP) is 4.42. The van der Waals surface area contributed by atoms with Gasteiger partial charge in [-0.3, -0.25) is 4.79 Å². The molecule has 0 amide bonds. The number of carboxylic acid groups (broad SMARTS) is 1. The fourth-order valence-corrected chi connectivity index (χ4v) is 4.65. The van der Waals surface area contributed by atoms with Crippen LogP contribution in [0, 0.1) is 18.7 Å². The average Bonchev–Trinajstić information content (AvgIpc) is 3.30. The number of benzene rings is 1. The van der Waals surface area contributed by atoms with E-state index in [-0.39, 0.29) is 30.2 Å². The van der Waals surface area contributed by atoms with Crippen molar-refractivity contribution in [3.05, 3.63) is 65.9 Å². The summed E-state index contributed by atoms with van der Waals surface area (Å²) in [7, 11) is 1.78. The van der Waals surface area contributed by atoms with E-state index in [1.807, 2.05) is 37.3 Å². The smallest absolute Gasteiger partial charge is 0.306 e. The molecule has 1 aromatic carbocycles. The first kappa shape index (κ1) is 25.2. The fourth-order valence-electron chi connectivity index (χ4n) is 4.65. The van der Waals surface area contributed by atoms with Crippen molar-refractivity contribution in [2.75, 3.05) is 5.32 Å². The molecule has 1 aliphatic carbocycles. The lowest BCUT2D eigenvalue weighted by Gasteiger charge is -2.27. The number of carboxylic acids is 1. The fraction of sp³-hybridized carbons (Fsp3) is 0.333. The Hall–Kier alpha value is -4.41. The van der Waals surface area contributed by atoms with Gasteiger partial charge in [0, 0.05) is 12.6 Å². The molecule has 3 aromatic heterocycles. The van der Waals surface area contributed by atoms with E-state index in [2.05, 4.69) is 25.6 Å². The van der Waals surface area contributed by atoms with E-state index < -0.39 is 11.8 Å². The summed E-state index contributed by atoms with van der Waals surface area (Å²) in [6.45, 7) is 2.14. The van der Waals surface area contributed by atoms with Crippen molar-refractivity contribution in [1.82, 2.24) is 29.9 Å². The number of aryl methyl sites for hydroxylation is 2. The van der Waals surface area contributed by atoms with Gasteiger partial charge >= 0.3 is 5.97 Å². The molecule has 3 heterocycles. The Bertz CT molecular complexity index is 1440. The number of carbonyl (C=O) groups is 1. The van der Waals surface area contributed by atoms with Gasteiger partial charge < -0.3 is 15.2 Å². The highest BCUT2D eigenvalue weighted by atomic mass is 19.1. The molecular formula is C27H28FN7O3. The van der Waals surface area contributed by atoms with E-state index in [1.54, 1.807) is 23.9 Å². The molecule has 0 aliphatic heterocycles. The summed E-state index contributed by atoms with van der Waals surface area (Å²) < 4.78 is 22.1. The molecule has 1 saturated carbocycles. The molecule has 196 valence electrons. The van der Waals surface area contributed by atoms with Gasteiger partial charge in [0.25, 0.3) is 0 Å². The van der Waals surface area contributed by atoms with Crippen LogP contribution in [0.2, 0.25) is 0 Å². The molecule has 0 bridgehead atoms. The summed E-state index contributed by atoms with van der Waals surface area (Å²) in [6, 6.07) is 12.7. The number of hydrogen-bond acceptors (Lipinski definition) is 8. The Morgan fingerprint density at radius 2 is 1.97 bits per heavy atom. The molecule has 2 atom stereocenters. The van der Waals surface area contributed by atoms with E-state index >= 15 is 0 Å². The van der Waals surface area contributed by atoms with Gasteiger partial charge in [-0.05, 0) is 44.7 Å². The number of ether oxygens (including phenoxy) is 1.